The number of phenols is 1. The Labute approximate surface area is 132 Å². The predicted octanol–water partition coefficient (Wildman–Crippen LogP) is 2.87. The molecule has 0 aliphatic carbocycles. The lowest BCUT2D eigenvalue weighted by atomic mass is 10.0. The van der Waals surface area contributed by atoms with Gasteiger partial charge in [0.2, 0.25) is 0 Å². The van der Waals surface area contributed by atoms with Crippen LogP contribution >= 0.6 is 0 Å². The molecule has 2 aromatic carbocycles. The molecule has 118 valence electrons. The number of nitrogens with one attached hydrogen (secondary N) is 1. The van der Waals surface area contributed by atoms with Crippen LogP contribution in [0.1, 0.15) is 26.9 Å². The van der Waals surface area contributed by atoms with Crippen LogP contribution < -0.4 is 10.1 Å². The average Bonchev–Trinajstić information content (AvgIpc) is 2.54. The molecule has 0 amide bonds. The molecule has 4 nitrogen and oxygen atoms in total. The number of hydrogen-bond acceptors (Lipinski definition) is 4. The Morgan fingerprint density at radius 3 is 2.41 bits per heavy atom. The standard InChI is InChI=1S/C18H23NO3/c1-13(12-22-17-6-4-3-5-7-17)19-14(2)18(21)15-8-10-16(20)11-9-15/h3-11,13-14,18-21H,12H2,1-2H3/i3D. The topological polar surface area (TPSA) is 61.7 Å². The fourth-order valence-corrected chi connectivity index (χ4v) is 2.24. The quantitative estimate of drug-likeness (QED) is 0.736. The van der Waals surface area contributed by atoms with Gasteiger partial charge in [-0.15, -0.1) is 0 Å². The molecular formula is C18H23NO3. The van der Waals surface area contributed by atoms with Crippen LogP contribution in [-0.2, 0) is 0 Å². The Morgan fingerprint density at radius 1 is 1.14 bits per heavy atom. The molecular weight excluding hydrogens is 278 g/mol. The smallest absolute Gasteiger partial charge is 0.119 e. The molecule has 0 aromatic heterocycles. The molecule has 2 aromatic rings. The highest BCUT2D eigenvalue weighted by molar-refractivity contribution is 5.28. The summed E-state index contributed by atoms with van der Waals surface area (Å²) in [4.78, 5) is 0. The van der Waals surface area contributed by atoms with Gasteiger partial charge in [-0.1, -0.05) is 30.3 Å². The van der Waals surface area contributed by atoms with Gasteiger partial charge in [0.25, 0.3) is 0 Å². The molecule has 4 heteroatoms. The van der Waals surface area contributed by atoms with E-state index in [2.05, 4.69) is 5.32 Å². The largest absolute Gasteiger partial charge is 0.508 e. The maximum absolute atomic E-state index is 10.3. The van der Waals surface area contributed by atoms with Gasteiger partial charge >= 0.3 is 0 Å². The predicted molar refractivity (Wildman–Crippen MR) is 87.1 cm³/mol. The first-order chi connectivity index (χ1) is 11.0. The summed E-state index contributed by atoms with van der Waals surface area (Å²) < 4.78 is 13.1. The van der Waals surface area contributed by atoms with Crippen molar-refractivity contribution in [2.24, 2.45) is 0 Å². The number of benzene rings is 2. The van der Waals surface area contributed by atoms with Crippen LogP contribution in [0.15, 0.2) is 54.6 Å². The first kappa shape index (κ1) is 14.9. The molecule has 0 saturated carbocycles. The molecule has 2 rings (SSSR count). The average molecular weight is 302 g/mol. The van der Waals surface area contributed by atoms with Gasteiger partial charge < -0.3 is 20.3 Å². The minimum atomic E-state index is -0.666. The maximum atomic E-state index is 10.3. The number of ether oxygens (including phenoxy) is 1. The van der Waals surface area contributed by atoms with Gasteiger partial charge in [-0.2, -0.15) is 0 Å². The van der Waals surface area contributed by atoms with Crippen molar-refractivity contribution in [2.75, 3.05) is 6.61 Å². The zero-order valence-electron chi connectivity index (χ0n) is 13.9. The van der Waals surface area contributed by atoms with Gasteiger partial charge in [0.1, 0.15) is 18.1 Å². The second kappa shape index (κ2) is 7.82. The molecule has 3 atom stereocenters. The number of hydrogen-bond donors (Lipinski definition) is 3. The summed E-state index contributed by atoms with van der Waals surface area (Å²) in [5.74, 6) is 0.906. The van der Waals surface area contributed by atoms with E-state index in [1.54, 1.807) is 48.5 Å². The van der Waals surface area contributed by atoms with Crippen molar-refractivity contribution in [3.05, 3.63) is 60.1 Å². The zero-order chi connectivity index (χ0) is 16.8. The van der Waals surface area contributed by atoms with E-state index in [0.29, 0.717) is 12.6 Å². The maximum Gasteiger partial charge on any atom is 0.119 e. The zero-order valence-corrected chi connectivity index (χ0v) is 12.9. The third kappa shape index (κ3) is 4.76. The molecule has 3 unspecified atom stereocenters. The second-order valence-electron chi connectivity index (χ2n) is 5.44. The van der Waals surface area contributed by atoms with E-state index in [1.807, 2.05) is 13.8 Å². The molecule has 0 aliphatic rings. The van der Waals surface area contributed by atoms with Crippen molar-refractivity contribution in [1.29, 1.82) is 0 Å². The Morgan fingerprint density at radius 2 is 1.77 bits per heavy atom. The highest BCUT2D eigenvalue weighted by atomic mass is 16.5. The van der Waals surface area contributed by atoms with Crippen LogP contribution in [-0.4, -0.2) is 28.9 Å². The van der Waals surface area contributed by atoms with E-state index in [4.69, 9.17) is 6.11 Å². The van der Waals surface area contributed by atoms with Crippen molar-refractivity contribution in [1.82, 2.24) is 5.32 Å². The third-order valence-electron chi connectivity index (χ3n) is 3.44. The molecule has 0 spiro atoms. The van der Waals surface area contributed by atoms with Gasteiger partial charge in [-0.25, -0.2) is 0 Å². The number of aromatic hydroxyl groups is 1. The Bertz CT molecular complexity index is 601. The van der Waals surface area contributed by atoms with Crippen LogP contribution in [0.2, 0.25) is 0 Å². The normalized spacial score (nSPS) is 15.7. The summed E-state index contributed by atoms with van der Waals surface area (Å²) in [6, 6.07) is 13.8. The molecule has 3 N–H and O–H groups in total. The summed E-state index contributed by atoms with van der Waals surface area (Å²) in [5, 5.41) is 22.9. The van der Waals surface area contributed by atoms with Gasteiger partial charge in [0.05, 0.1) is 7.47 Å². The van der Waals surface area contributed by atoms with E-state index in [0.717, 1.165) is 11.3 Å². The Kier molecular flexibility index (Phi) is 5.29. The van der Waals surface area contributed by atoms with Crippen LogP contribution in [0.25, 0.3) is 0 Å². The Balaban J connectivity index is 1.82. The lowest BCUT2D eigenvalue weighted by Crippen LogP contribution is -2.41. The van der Waals surface area contributed by atoms with E-state index in [1.165, 1.54) is 0 Å². The van der Waals surface area contributed by atoms with Crippen molar-refractivity contribution >= 4 is 0 Å². The SMILES string of the molecule is [2H]c1ccc(OCC(C)NC(C)C(O)c2ccc(O)cc2)cc1. The summed E-state index contributed by atoms with van der Waals surface area (Å²) in [6.07, 6.45) is -0.666. The number of para-hydroxylation sites is 1. The van der Waals surface area contributed by atoms with Gasteiger partial charge in [-0.05, 0) is 43.7 Å². The van der Waals surface area contributed by atoms with Crippen LogP contribution in [0.3, 0.4) is 0 Å². The van der Waals surface area contributed by atoms with Crippen LogP contribution in [0, 0.1) is 0 Å². The fourth-order valence-electron chi connectivity index (χ4n) is 2.24. The molecule has 0 saturated heterocycles. The van der Waals surface area contributed by atoms with Crippen molar-refractivity contribution in [3.8, 4) is 11.5 Å². The summed E-state index contributed by atoms with van der Waals surface area (Å²) in [7, 11) is 0. The third-order valence-corrected chi connectivity index (χ3v) is 3.44. The molecule has 0 fully saturated rings. The summed E-state index contributed by atoms with van der Waals surface area (Å²) in [6.45, 7) is 4.35. The van der Waals surface area contributed by atoms with Crippen LogP contribution in [0.4, 0.5) is 0 Å². The summed E-state index contributed by atoms with van der Waals surface area (Å²) >= 11 is 0. The molecule has 0 aliphatic heterocycles. The lowest BCUT2D eigenvalue weighted by molar-refractivity contribution is 0.124. The number of rotatable bonds is 7. The van der Waals surface area contributed by atoms with Gasteiger partial charge in [-0.3, -0.25) is 0 Å². The molecule has 0 radical (unpaired) electrons. The molecule has 22 heavy (non-hydrogen) atoms. The van der Waals surface area contributed by atoms with E-state index in [9.17, 15) is 10.2 Å². The van der Waals surface area contributed by atoms with Gasteiger partial charge in [0.15, 0.2) is 0 Å². The Hall–Kier alpha value is -2.04. The first-order valence-electron chi connectivity index (χ1n) is 7.88. The monoisotopic (exact) mass is 302 g/mol. The minimum Gasteiger partial charge on any atom is -0.508 e. The van der Waals surface area contributed by atoms with Crippen molar-refractivity contribution in [3.63, 3.8) is 0 Å². The van der Waals surface area contributed by atoms with Crippen molar-refractivity contribution in [2.45, 2.75) is 32.0 Å². The van der Waals surface area contributed by atoms with Crippen LogP contribution in [0.5, 0.6) is 11.5 Å². The number of aliphatic hydroxyl groups is 1. The van der Waals surface area contributed by atoms with E-state index in [-0.39, 0.29) is 17.8 Å². The van der Waals surface area contributed by atoms with E-state index >= 15 is 0 Å². The number of phenolic OH excluding ortho intramolecular Hbond substituents is 1. The second-order valence-corrected chi connectivity index (χ2v) is 5.44. The highest BCUT2D eigenvalue weighted by Crippen LogP contribution is 2.20. The van der Waals surface area contributed by atoms with E-state index < -0.39 is 6.10 Å². The highest BCUT2D eigenvalue weighted by Gasteiger charge is 2.18. The minimum absolute atomic E-state index is 0.0486. The lowest BCUT2D eigenvalue weighted by Gasteiger charge is -2.25. The molecule has 0 bridgehead atoms. The summed E-state index contributed by atoms with van der Waals surface area (Å²) in [5.41, 5.74) is 0.752. The molecule has 0 heterocycles. The number of aliphatic hydroxyl groups excluding tert-OH is 1. The first-order valence-corrected chi connectivity index (χ1v) is 7.38. The van der Waals surface area contributed by atoms with Crippen molar-refractivity contribution < 1.29 is 16.3 Å². The fraction of sp³-hybridized carbons (Fsp3) is 0.333. The van der Waals surface area contributed by atoms with Gasteiger partial charge in [0, 0.05) is 12.1 Å².